The SMILES string of the molecule is Cc1cc(C(c2ccc3cc(C(c4cc(C)c(ON)c(C)c4C)c4cc(C)c(ON)c(C)c4C)ccc3c2)c2cc(C)c(N=O)c(C)c2C)c(C)c(C)c1N=O. The number of hydrogen-bond donors (Lipinski definition) is 2. The fourth-order valence-electron chi connectivity index (χ4n) is 8.92. The van der Waals surface area contributed by atoms with Crippen LogP contribution in [0.25, 0.3) is 10.8 Å². The first-order chi connectivity index (χ1) is 26.6. The first kappa shape index (κ1) is 40.0. The number of nitroso groups, excluding NO2 is 2. The highest BCUT2D eigenvalue weighted by atomic mass is 16.6. The molecule has 0 heterocycles. The van der Waals surface area contributed by atoms with Crippen molar-refractivity contribution in [3.63, 3.8) is 0 Å². The average Bonchev–Trinajstić information content (AvgIpc) is 3.17. The molecule has 0 radical (unpaired) electrons. The molecule has 6 aromatic carbocycles. The summed E-state index contributed by atoms with van der Waals surface area (Å²) >= 11 is 0. The van der Waals surface area contributed by atoms with E-state index in [0.29, 0.717) is 22.9 Å². The quantitative estimate of drug-likeness (QED) is 0.0815. The summed E-state index contributed by atoms with van der Waals surface area (Å²) < 4.78 is 0. The predicted molar refractivity (Wildman–Crippen MR) is 229 cm³/mol. The molecule has 0 spiro atoms. The Morgan fingerprint density at radius 2 is 0.714 bits per heavy atom. The lowest BCUT2D eigenvalue weighted by Crippen LogP contribution is -2.14. The summed E-state index contributed by atoms with van der Waals surface area (Å²) in [7, 11) is 0. The van der Waals surface area contributed by atoms with E-state index in [1.165, 1.54) is 11.1 Å². The molecule has 56 heavy (non-hydrogen) atoms. The van der Waals surface area contributed by atoms with Crippen molar-refractivity contribution < 1.29 is 9.68 Å². The zero-order chi connectivity index (χ0) is 40.9. The van der Waals surface area contributed by atoms with Gasteiger partial charge in [-0.15, -0.1) is 9.81 Å². The third-order valence-electron chi connectivity index (χ3n) is 12.5. The van der Waals surface area contributed by atoms with Crippen molar-refractivity contribution >= 4 is 22.1 Å². The first-order valence-corrected chi connectivity index (χ1v) is 19.0. The number of fused-ring (bicyclic) bond motifs is 1. The molecular formula is C48H52N4O4. The Bertz CT molecular complexity index is 2450. The minimum absolute atomic E-state index is 0.114. The Labute approximate surface area is 330 Å². The average molecular weight is 749 g/mol. The van der Waals surface area contributed by atoms with Crippen LogP contribution in [-0.2, 0) is 0 Å². The second-order valence-corrected chi connectivity index (χ2v) is 15.6. The third-order valence-corrected chi connectivity index (χ3v) is 12.5. The van der Waals surface area contributed by atoms with Gasteiger partial charge in [-0.25, -0.2) is 0 Å². The minimum Gasteiger partial charge on any atom is -0.411 e. The largest absolute Gasteiger partial charge is 0.411 e. The molecule has 4 N–H and O–H groups in total. The predicted octanol–water partition coefficient (Wildman–Crippen LogP) is 12.2. The maximum atomic E-state index is 11.9. The van der Waals surface area contributed by atoms with Crippen LogP contribution in [0.15, 0.2) is 71.0 Å². The molecule has 0 bridgehead atoms. The van der Waals surface area contributed by atoms with Gasteiger partial charge in [0.15, 0.2) is 11.5 Å². The Kier molecular flexibility index (Phi) is 11.0. The van der Waals surface area contributed by atoms with E-state index in [1.54, 1.807) is 0 Å². The molecule has 0 atom stereocenters. The maximum Gasteiger partial charge on any atom is 0.152 e. The third kappa shape index (κ3) is 6.56. The second-order valence-electron chi connectivity index (χ2n) is 15.6. The van der Waals surface area contributed by atoms with Crippen LogP contribution in [0.4, 0.5) is 11.4 Å². The smallest absolute Gasteiger partial charge is 0.152 e. The summed E-state index contributed by atoms with van der Waals surface area (Å²) in [6, 6.07) is 22.0. The normalized spacial score (nSPS) is 11.5. The summed E-state index contributed by atoms with van der Waals surface area (Å²) in [4.78, 5) is 34.5. The van der Waals surface area contributed by atoms with Crippen LogP contribution in [0.5, 0.6) is 11.5 Å². The summed E-state index contributed by atoms with van der Waals surface area (Å²) in [5.74, 6) is 12.6. The van der Waals surface area contributed by atoms with E-state index in [-0.39, 0.29) is 11.8 Å². The van der Waals surface area contributed by atoms with Gasteiger partial charge in [0.1, 0.15) is 11.4 Å². The number of nitrogens with two attached hydrogens (primary N) is 2. The molecular weight excluding hydrogens is 697 g/mol. The number of hydrogen-bond acceptors (Lipinski definition) is 8. The Balaban J connectivity index is 1.61. The van der Waals surface area contributed by atoms with Crippen LogP contribution in [0.3, 0.4) is 0 Å². The highest BCUT2D eigenvalue weighted by Crippen LogP contribution is 2.46. The van der Waals surface area contributed by atoms with E-state index < -0.39 is 0 Å². The number of benzene rings is 6. The summed E-state index contributed by atoms with van der Waals surface area (Å²) in [5.41, 5.74) is 19.3. The molecule has 0 saturated heterocycles. The van der Waals surface area contributed by atoms with E-state index in [4.69, 9.17) is 21.5 Å². The maximum absolute atomic E-state index is 11.9. The van der Waals surface area contributed by atoms with Crippen LogP contribution < -0.4 is 21.5 Å². The van der Waals surface area contributed by atoms with Crippen LogP contribution >= 0.6 is 0 Å². The topological polar surface area (TPSA) is 129 Å². The lowest BCUT2D eigenvalue weighted by Gasteiger charge is -2.28. The van der Waals surface area contributed by atoms with E-state index in [1.807, 2.05) is 41.5 Å². The van der Waals surface area contributed by atoms with E-state index >= 15 is 0 Å². The molecule has 0 unspecified atom stereocenters. The minimum atomic E-state index is -0.184. The molecule has 0 aliphatic rings. The van der Waals surface area contributed by atoms with Crippen molar-refractivity contribution in [2.75, 3.05) is 0 Å². The molecule has 8 nitrogen and oxygen atoms in total. The lowest BCUT2D eigenvalue weighted by molar-refractivity contribution is 0.329. The van der Waals surface area contributed by atoms with Gasteiger partial charge in [0.2, 0.25) is 0 Å². The molecule has 8 heteroatoms. The standard InChI is InChI=1S/C48H52N4O4/c1-23-17-39(27(5)31(9)45(23)51-53)43(40-18-24(2)46(52-54)32(10)28(40)6)37-15-13-36-22-38(16-14-35(36)21-37)44(41-19-25(3)47(55-49)33(11)29(41)7)42-20-26(4)48(56-50)34(12)30(42)8/h13-22,43-44H,49-50H2,1-12H3. The fraction of sp³-hybridized carbons (Fsp3) is 0.292. The van der Waals surface area contributed by atoms with Crippen molar-refractivity contribution in [2.45, 2.75) is 94.9 Å². The molecule has 0 aromatic heterocycles. The monoisotopic (exact) mass is 748 g/mol. The molecule has 6 aromatic rings. The van der Waals surface area contributed by atoms with Gasteiger partial charge in [-0.3, -0.25) is 0 Å². The van der Waals surface area contributed by atoms with Crippen LogP contribution in [0, 0.1) is 92.9 Å². The van der Waals surface area contributed by atoms with Gasteiger partial charge >= 0.3 is 0 Å². The Hall–Kier alpha value is -5.70. The van der Waals surface area contributed by atoms with E-state index in [0.717, 1.165) is 99.8 Å². The first-order valence-electron chi connectivity index (χ1n) is 19.0. The number of nitrogens with zero attached hydrogens (tertiary/aromatic N) is 2. The molecule has 0 amide bonds. The van der Waals surface area contributed by atoms with Gasteiger partial charge in [0.05, 0.1) is 0 Å². The highest BCUT2D eigenvalue weighted by molar-refractivity contribution is 5.85. The molecule has 0 aliphatic carbocycles. The van der Waals surface area contributed by atoms with Crippen molar-refractivity contribution in [2.24, 2.45) is 22.1 Å². The van der Waals surface area contributed by atoms with Gasteiger partial charge in [-0.05, 0) is 204 Å². The van der Waals surface area contributed by atoms with Gasteiger partial charge < -0.3 is 9.68 Å². The second kappa shape index (κ2) is 15.4. The van der Waals surface area contributed by atoms with Crippen molar-refractivity contribution in [3.05, 3.63) is 171 Å². The lowest BCUT2D eigenvalue weighted by atomic mass is 9.76. The zero-order valence-corrected chi connectivity index (χ0v) is 34.6. The molecule has 288 valence electrons. The van der Waals surface area contributed by atoms with Crippen molar-refractivity contribution in [1.82, 2.24) is 0 Å². The molecule has 0 fully saturated rings. The molecule has 0 saturated carbocycles. The van der Waals surface area contributed by atoms with Crippen molar-refractivity contribution in [3.8, 4) is 11.5 Å². The summed E-state index contributed by atoms with van der Waals surface area (Å²) in [6.07, 6.45) is 0. The van der Waals surface area contributed by atoms with Gasteiger partial charge in [-0.1, -0.05) is 60.7 Å². The van der Waals surface area contributed by atoms with E-state index in [9.17, 15) is 9.81 Å². The highest BCUT2D eigenvalue weighted by Gasteiger charge is 2.28. The Morgan fingerprint density at radius 3 is 1.02 bits per heavy atom. The zero-order valence-electron chi connectivity index (χ0n) is 34.6. The van der Waals surface area contributed by atoms with E-state index in [2.05, 4.69) is 113 Å². The summed E-state index contributed by atoms with van der Waals surface area (Å²) in [5, 5.41) is 8.95. The summed E-state index contributed by atoms with van der Waals surface area (Å²) in [6.45, 7) is 24.4. The van der Waals surface area contributed by atoms with Crippen LogP contribution in [-0.4, -0.2) is 0 Å². The van der Waals surface area contributed by atoms with Crippen molar-refractivity contribution in [1.29, 1.82) is 0 Å². The number of rotatable bonds is 10. The molecule has 0 aliphatic heterocycles. The van der Waals surface area contributed by atoms with Gasteiger partial charge in [0.25, 0.3) is 0 Å². The fourth-order valence-corrected chi connectivity index (χ4v) is 8.92. The van der Waals surface area contributed by atoms with Crippen LogP contribution in [0.2, 0.25) is 0 Å². The van der Waals surface area contributed by atoms with Gasteiger partial charge in [0, 0.05) is 11.8 Å². The van der Waals surface area contributed by atoms with Gasteiger partial charge in [-0.2, -0.15) is 11.8 Å². The Morgan fingerprint density at radius 1 is 0.411 bits per heavy atom. The van der Waals surface area contributed by atoms with Crippen LogP contribution in [0.1, 0.15) is 112 Å². The number of aryl methyl sites for hydroxylation is 4. The molecule has 6 rings (SSSR count).